The van der Waals surface area contributed by atoms with Crippen LogP contribution in [0.2, 0.25) is 19.6 Å². The predicted molar refractivity (Wildman–Crippen MR) is 311 cm³/mol. The number of fused-ring (bicyclic) bond motifs is 8. The molecule has 9 rings (SSSR count). The van der Waals surface area contributed by atoms with E-state index in [0.29, 0.717) is 5.56 Å². The SMILES string of the molecule is CC(C)(C)c1cc(-c2c3nc(c(-c4ccc(C=O)cc4)c4ccc([nH]4)c(-c4cc(C(C)(C)C)cc(C(C)(C)C)c4)c4nc(c(-c5ccc(C#C[Si](C)(C)C)cc5)c5ccc2[nH]5)C=C4)C=C3)cc(C(C)(C)C)c1. The Labute approximate surface area is 429 Å². The van der Waals surface area contributed by atoms with Gasteiger partial charge in [0.25, 0.3) is 0 Å². The molecule has 2 aliphatic rings. The van der Waals surface area contributed by atoms with Crippen LogP contribution in [0.5, 0.6) is 0 Å². The van der Waals surface area contributed by atoms with Crippen molar-refractivity contribution in [3.63, 3.8) is 0 Å². The van der Waals surface area contributed by atoms with E-state index in [0.717, 1.165) is 101 Å². The number of aromatic nitrogens is 4. The maximum absolute atomic E-state index is 12.0. The largest absolute Gasteiger partial charge is 0.354 e. The Balaban J connectivity index is 1.47. The van der Waals surface area contributed by atoms with Crippen LogP contribution in [0.3, 0.4) is 0 Å². The van der Waals surface area contributed by atoms with Crippen molar-refractivity contribution in [3.8, 4) is 56.0 Å². The van der Waals surface area contributed by atoms with Crippen LogP contribution < -0.4 is 0 Å². The number of hydrogen-bond acceptors (Lipinski definition) is 3. The molecule has 0 aliphatic carbocycles. The Bertz CT molecular complexity index is 3450. The Kier molecular flexibility index (Phi) is 12.6. The first-order chi connectivity index (χ1) is 33.7. The zero-order chi connectivity index (χ0) is 51.7. The second kappa shape index (κ2) is 18.2. The maximum atomic E-state index is 12.0. The second-order valence-electron chi connectivity index (χ2n) is 24.9. The molecule has 2 N–H and O–H groups in total. The average Bonchev–Trinajstić information content (AvgIpc) is 4.16. The molecule has 0 saturated carbocycles. The summed E-state index contributed by atoms with van der Waals surface area (Å²) in [5.41, 5.74) is 25.1. The smallest absolute Gasteiger partial charge is 0.150 e. The number of nitrogens with zero attached hydrogens (tertiary/aromatic N) is 2. The van der Waals surface area contributed by atoms with E-state index >= 15 is 0 Å². The number of nitrogens with one attached hydrogen (secondary N) is 2. The summed E-state index contributed by atoms with van der Waals surface area (Å²) in [4.78, 5) is 31.2. The molecule has 7 aromatic rings. The van der Waals surface area contributed by atoms with Crippen LogP contribution in [0.4, 0.5) is 0 Å². The zero-order valence-corrected chi connectivity index (χ0v) is 46.1. The van der Waals surface area contributed by atoms with Crippen molar-refractivity contribution in [3.05, 3.63) is 165 Å². The number of H-pyrrole nitrogens is 2. The van der Waals surface area contributed by atoms with Gasteiger partial charge in [0.05, 0.1) is 22.8 Å². The summed E-state index contributed by atoms with van der Waals surface area (Å²) in [7, 11) is -1.59. The monoisotopic (exact) mass is 963 g/mol. The van der Waals surface area contributed by atoms with E-state index in [1.165, 1.54) is 22.3 Å². The molecule has 0 spiro atoms. The normalized spacial score (nSPS) is 13.0. The Morgan fingerprint density at radius 3 is 1.01 bits per heavy atom. The van der Waals surface area contributed by atoms with Gasteiger partial charge in [-0.2, -0.15) is 0 Å². The number of carbonyl (C=O) groups is 1. The van der Waals surface area contributed by atoms with E-state index in [1.807, 2.05) is 24.3 Å². The number of aromatic amines is 2. The zero-order valence-electron chi connectivity index (χ0n) is 45.1. The molecule has 72 heavy (non-hydrogen) atoms. The highest BCUT2D eigenvalue weighted by Gasteiger charge is 2.26. The van der Waals surface area contributed by atoms with Crippen LogP contribution in [0.1, 0.15) is 144 Å². The van der Waals surface area contributed by atoms with Crippen molar-refractivity contribution in [2.75, 3.05) is 0 Å². The van der Waals surface area contributed by atoms with Crippen LogP contribution in [0.15, 0.2) is 109 Å². The Hall–Kier alpha value is -7.07. The third-order valence-corrected chi connectivity index (χ3v) is 14.6. The van der Waals surface area contributed by atoms with Crippen molar-refractivity contribution in [2.24, 2.45) is 0 Å². The fourth-order valence-corrected chi connectivity index (χ4v) is 9.92. The van der Waals surface area contributed by atoms with E-state index in [4.69, 9.17) is 9.97 Å². The molecule has 364 valence electrons. The molecule has 2 aliphatic heterocycles. The molecular formula is C66H70N4OSi. The highest BCUT2D eigenvalue weighted by molar-refractivity contribution is 6.83. The molecule has 0 amide bonds. The van der Waals surface area contributed by atoms with Gasteiger partial charge in [0, 0.05) is 55.4 Å². The summed E-state index contributed by atoms with van der Waals surface area (Å²) in [6.45, 7) is 34.3. The summed E-state index contributed by atoms with van der Waals surface area (Å²) < 4.78 is 0. The van der Waals surface area contributed by atoms with Crippen LogP contribution in [0.25, 0.3) is 90.9 Å². The van der Waals surface area contributed by atoms with Gasteiger partial charge in [-0.25, -0.2) is 9.97 Å². The highest BCUT2D eigenvalue weighted by Crippen LogP contribution is 2.42. The minimum Gasteiger partial charge on any atom is -0.354 e. The van der Waals surface area contributed by atoms with E-state index in [9.17, 15) is 4.79 Å². The third-order valence-electron chi connectivity index (χ3n) is 13.8. The molecule has 4 aromatic carbocycles. The number of hydrogen-bond donors (Lipinski definition) is 2. The number of aldehydes is 1. The topological polar surface area (TPSA) is 74.4 Å². The lowest BCUT2D eigenvalue weighted by Gasteiger charge is -2.26. The number of benzene rings is 4. The van der Waals surface area contributed by atoms with E-state index < -0.39 is 8.07 Å². The van der Waals surface area contributed by atoms with Crippen LogP contribution >= 0.6 is 0 Å². The van der Waals surface area contributed by atoms with Gasteiger partial charge >= 0.3 is 0 Å². The molecule has 0 unspecified atom stereocenters. The van der Waals surface area contributed by atoms with Gasteiger partial charge in [0.1, 0.15) is 14.4 Å². The molecule has 5 nitrogen and oxygen atoms in total. The van der Waals surface area contributed by atoms with Gasteiger partial charge in [-0.05, 0) is 127 Å². The van der Waals surface area contributed by atoms with Crippen molar-refractivity contribution in [2.45, 2.75) is 124 Å². The minimum absolute atomic E-state index is 0.105. The number of carbonyl (C=O) groups excluding carboxylic acids is 1. The molecule has 5 heterocycles. The molecule has 3 aromatic heterocycles. The minimum atomic E-state index is -1.59. The average molecular weight is 963 g/mol. The van der Waals surface area contributed by atoms with Crippen LogP contribution in [-0.2, 0) is 21.7 Å². The fourth-order valence-electron chi connectivity index (χ4n) is 9.40. The highest BCUT2D eigenvalue weighted by atomic mass is 28.3. The van der Waals surface area contributed by atoms with Gasteiger partial charge in [0.15, 0.2) is 0 Å². The molecule has 0 saturated heterocycles. The van der Waals surface area contributed by atoms with E-state index in [-0.39, 0.29) is 21.7 Å². The maximum Gasteiger partial charge on any atom is 0.150 e. The van der Waals surface area contributed by atoms with E-state index in [1.54, 1.807) is 0 Å². The van der Waals surface area contributed by atoms with Crippen LogP contribution in [0, 0.1) is 11.5 Å². The van der Waals surface area contributed by atoms with Gasteiger partial charge in [-0.3, -0.25) is 4.79 Å². The van der Waals surface area contributed by atoms with Gasteiger partial charge in [-0.15, -0.1) is 5.54 Å². The standard InChI is InChI=1S/C66H70N4OSi/c1-63(2,3)47-34-45(35-48(38-47)64(4,5)6)61-55-28-24-51(67-55)59(43-20-16-41(17-21-43)32-33-72(13,14)15)52-25-29-56(68-52)62(46-36-49(65(7,8)9)39-50(37-46)66(10,11)12)58-31-27-54(70-58)60(53-26-30-57(61)69-53)44-22-18-42(40-71)19-23-44/h16-31,34-40,67,70H,1-15H3. The summed E-state index contributed by atoms with van der Waals surface area (Å²) in [5.74, 6) is 3.47. The lowest BCUT2D eigenvalue weighted by Crippen LogP contribution is -2.16. The third kappa shape index (κ3) is 10.3. The summed E-state index contributed by atoms with van der Waals surface area (Å²) >= 11 is 0. The van der Waals surface area contributed by atoms with Crippen LogP contribution in [-0.4, -0.2) is 34.3 Å². The van der Waals surface area contributed by atoms with E-state index in [2.05, 4.69) is 233 Å². The number of rotatable bonds is 5. The molecule has 0 atom stereocenters. The molecule has 0 radical (unpaired) electrons. The van der Waals surface area contributed by atoms with Crippen molar-refractivity contribution < 1.29 is 4.79 Å². The molecule has 6 heteroatoms. The molecule has 0 fully saturated rings. The van der Waals surface area contributed by atoms with Crippen molar-refractivity contribution in [1.29, 1.82) is 0 Å². The fraction of sp³-hybridized carbons (Fsp3) is 0.288. The summed E-state index contributed by atoms with van der Waals surface area (Å²) in [5, 5.41) is 0. The quantitative estimate of drug-likeness (QED) is 0.103. The van der Waals surface area contributed by atoms with Gasteiger partial charge in [-0.1, -0.05) is 181 Å². The first-order valence-corrected chi connectivity index (χ1v) is 28.9. The first-order valence-electron chi connectivity index (χ1n) is 25.4. The van der Waals surface area contributed by atoms with Gasteiger partial charge < -0.3 is 9.97 Å². The summed E-state index contributed by atoms with van der Waals surface area (Å²) in [6.07, 6.45) is 9.55. The Morgan fingerprint density at radius 1 is 0.417 bits per heavy atom. The lowest BCUT2D eigenvalue weighted by atomic mass is 9.78. The summed E-state index contributed by atoms with van der Waals surface area (Å²) in [6, 6.07) is 39.4. The van der Waals surface area contributed by atoms with Gasteiger partial charge in [0.2, 0.25) is 0 Å². The Morgan fingerprint density at radius 2 is 0.722 bits per heavy atom. The molecular weight excluding hydrogens is 893 g/mol. The lowest BCUT2D eigenvalue weighted by molar-refractivity contribution is 0.112. The second-order valence-corrected chi connectivity index (χ2v) is 29.7. The predicted octanol–water partition coefficient (Wildman–Crippen LogP) is 17.6. The van der Waals surface area contributed by atoms with Crippen molar-refractivity contribution >= 4 is 60.7 Å². The first kappa shape index (κ1) is 49.9. The van der Waals surface area contributed by atoms with Crippen molar-refractivity contribution in [1.82, 2.24) is 19.9 Å². The molecule has 8 bridgehead atoms.